The molecule has 1 rings (SSSR count). The molecule has 0 unspecified atom stereocenters. The Hall–Kier alpha value is -1.31. The highest BCUT2D eigenvalue weighted by atomic mass is 16.1. The van der Waals surface area contributed by atoms with Crippen molar-refractivity contribution in [3.63, 3.8) is 0 Å². The average Bonchev–Trinajstić information content (AvgIpc) is 2.07. The largest absolute Gasteiger partial charge is 0.366 e. The molecule has 2 nitrogen and oxygen atoms in total. The molecule has 70 valence electrons. The summed E-state index contributed by atoms with van der Waals surface area (Å²) >= 11 is 0. The van der Waals surface area contributed by atoms with E-state index in [0.717, 1.165) is 16.7 Å². The summed E-state index contributed by atoms with van der Waals surface area (Å²) < 4.78 is 0. The van der Waals surface area contributed by atoms with E-state index in [0.29, 0.717) is 5.56 Å². The number of hydrogen-bond donors (Lipinski definition) is 1. The Labute approximate surface area is 78.8 Å². The normalized spacial score (nSPS) is 10.2. The summed E-state index contributed by atoms with van der Waals surface area (Å²) in [7, 11) is 0. The summed E-state index contributed by atoms with van der Waals surface area (Å²) in [6.07, 6.45) is 0. The van der Waals surface area contributed by atoms with E-state index >= 15 is 0 Å². The van der Waals surface area contributed by atoms with Crippen LogP contribution in [0.1, 0.15) is 32.6 Å². The number of carbonyl (C=O) groups is 1. The number of carbonyl (C=O) groups excluding carboxylic acids is 1. The van der Waals surface area contributed by atoms with Gasteiger partial charge in [0.25, 0.3) is 0 Å². The number of primary amides is 1. The smallest absolute Gasteiger partial charge is 0.248 e. The molecular weight excluding hydrogens is 162 g/mol. The van der Waals surface area contributed by atoms with Crippen LogP contribution < -0.4 is 5.73 Å². The standard InChI is InChI=1S/C11H15NO/c1-6-5-10(11(12)13)9(4)8(3)7(6)2/h5H,1-4H3,(H2,12,13). The zero-order valence-corrected chi connectivity index (χ0v) is 8.56. The SMILES string of the molecule is Cc1cc(C(N)=O)c(C)c(C)c1C. The molecule has 0 fully saturated rings. The van der Waals surface area contributed by atoms with Crippen molar-refractivity contribution >= 4 is 5.91 Å². The maximum atomic E-state index is 11.1. The molecule has 0 aliphatic rings. The summed E-state index contributed by atoms with van der Waals surface area (Å²) in [5.74, 6) is -0.344. The van der Waals surface area contributed by atoms with Gasteiger partial charge < -0.3 is 5.73 Å². The van der Waals surface area contributed by atoms with Gasteiger partial charge in [-0.05, 0) is 56.0 Å². The fraction of sp³-hybridized carbons (Fsp3) is 0.364. The van der Waals surface area contributed by atoms with Crippen LogP contribution in [0, 0.1) is 27.7 Å². The molecule has 13 heavy (non-hydrogen) atoms. The molecule has 1 amide bonds. The van der Waals surface area contributed by atoms with E-state index in [1.807, 2.05) is 26.8 Å². The molecule has 0 aliphatic heterocycles. The Morgan fingerprint density at radius 1 is 1.08 bits per heavy atom. The molecule has 2 N–H and O–H groups in total. The molecular formula is C11H15NO. The lowest BCUT2D eigenvalue weighted by molar-refractivity contribution is 0.0999. The summed E-state index contributed by atoms with van der Waals surface area (Å²) in [6, 6.07) is 1.86. The molecule has 0 aromatic heterocycles. The predicted octanol–water partition coefficient (Wildman–Crippen LogP) is 2.02. The van der Waals surface area contributed by atoms with Gasteiger partial charge in [0.1, 0.15) is 0 Å². The second kappa shape index (κ2) is 3.21. The van der Waals surface area contributed by atoms with Gasteiger partial charge in [-0.25, -0.2) is 0 Å². The third-order valence-corrected chi connectivity index (χ3v) is 2.75. The van der Waals surface area contributed by atoms with Crippen LogP contribution in [0.2, 0.25) is 0 Å². The second-order valence-corrected chi connectivity index (χ2v) is 3.48. The van der Waals surface area contributed by atoms with Crippen LogP contribution in [0.5, 0.6) is 0 Å². The predicted molar refractivity (Wildman–Crippen MR) is 53.9 cm³/mol. The van der Waals surface area contributed by atoms with Gasteiger partial charge in [0, 0.05) is 5.56 Å². The topological polar surface area (TPSA) is 43.1 Å². The highest BCUT2D eigenvalue weighted by Gasteiger charge is 2.10. The minimum Gasteiger partial charge on any atom is -0.366 e. The van der Waals surface area contributed by atoms with Gasteiger partial charge in [-0.3, -0.25) is 4.79 Å². The molecule has 0 bridgehead atoms. The van der Waals surface area contributed by atoms with Gasteiger partial charge in [0.15, 0.2) is 0 Å². The quantitative estimate of drug-likeness (QED) is 0.700. The van der Waals surface area contributed by atoms with Crippen molar-refractivity contribution in [2.75, 3.05) is 0 Å². The number of aryl methyl sites for hydroxylation is 1. The maximum Gasteiger partial charge on any atom is 0.248 e. The van der Waals surface area contributed by atoms with Crippen LogP contribution in [-0.2, 0) is 0 Å². The molecule has 0 spiro atoms. The van der Waals surface area contributed by atoms with Crippen molar-refractivity contribution in [2.45, 2.75) is 27.7 Å². The molecule has 0 atom stereocenters. The van der Waals surface area contributed by atoms with E-state index in [9.17, 15) is 4.79 Å². The zero-order valence-electron chi connectivity index (χ0n) is 8.56. The fourth-order valence-electron chi connectivity index (χ4n) is 1.47. The molecule has 0 saturated carbocycles. The summed E-state index contributed by atoms with van der Waals surface area (Å²) in [4.78, 5) is 11.1. The molecule has 0 heterocycles. The maximum absolute atomic E-state index is 11.1. The summed E-state index contributed by atoms with van der Waals surface area (Å²) in [6.45, 7) is 8.00. The fourth-order valence-corrected chi connectivity index (χ4v) is 1.47. The van der Waals surface area contributed by atoms with Gasteiger partial charge in [0.2, 0.25) is 5.91 Å². The number of rotatable bonds is 1. The Kier molecular flexibility index (Phi) is 2.41. The molecule has 0 saturated heterocycles. The zero-order chi connectivity index (χ0) is 10.2. The van der Waals surface area contributed by atoms with Gasteiger partial charge in [-0.15, -0.1) is 0 Å². The molecule has 1 aromatic rings. The van der Waals surface area contributed by atoms with E-state index in [1.165, 1.54) is 5.56 Å². The summed E-state index contributed by atoms with van der Waals surface area (Å²) in [5, 5.41) is 0. The molecule has 0 aliphatic carbocycles. The number of nitrogens with two attached hydrogens (primary N) is 1. The van der Waals surface area contributed by atoms with E-state index in [2.05, 4.69) is 6.92 Å². The van der Waals surface area contributed by atoms with Crippen molar-refractivity contribution in [1.82, 2.24) is 0 Å². The average molecular weight is 177 g/mol. The van der Waals surface area contributed by atoms with Crippen LogP contribution in [0.4, 0.5) is 0 Å². The van der Waals surface area contributed by atoms with Gasteiger partial charge in [-0.2, -0.15) is 0 Å². The first kappa shape index (κ1) is 9.78. The van der Waals surface area contributed by atoms with Crippen molar-refractivity contribution in [2.24, 2.45) is 5.73 Å². The minimum absolute atomic E-state index is 0.344. The summed E-state index contributed by atoms with van der Waals surface area (Å²) in [5.41, 5.74) is 10.4. The number of benzene rings is 1. The number of amides is 1. The molecule has 2 heteroatoms. The number of hydrogen-bond acceptors (Lipinski definition) is 1. The lowest BCUT2D eigenvalue weighted by Gasteiger charge is -2.11. The monoisotopic (exact) mass is 177 g/mol. The third-order valence-electron chi connectivity index (χ3n) is 2.75. The lowest BCUT2D eigenvalue weighted by Crippen LogP contribution is -2.14. The van der Waals surface area contributed by atoms with E-state index in [1.54, 1.807) is 0 Å². The van der Waals surface area contributed by atoms with Gasteiger partial charge >= 0.3 is 0 Å². The first-order valence-corrected chi connectivity index (χ1v) is 4.32. The van der Waals surface area contributed by atoms with Crippen LogP contribution in [0.25, 0.3) is 0 Å². The lowest BCUT2D eigenvalue weighted by atomic mass is 9.94. The highest BCUT2D eigenvalue weighted by molar-refractivity contribution is 5.95. The van der Waals surface area contributed by atoms with Crippen LogP contribution in [0.15, 0.2) is 6.07 Å². The Morgan fingerprint density at radius 3 is 2.08 bits per heavy atom. The van der Waals surface area contributed by atoms with Crippen LogP contribution in [-0.4, -0.2) is 5.91 Å². The van der Waals surface area contributed by atoms with E-state index in [4.69, 9.17) is 5.73 Å². The minimum atomic E-state index is -0.344. The first-order chi connectivity index (χ1) is 5.95. The van der Waals surface area contributed by atoms with E-state index < -0.39 is 0 Å². The van der Waals surface area contributed by atoms with Gasteiger partial charge in [0.05, 0.1) is 0 Å². The third kappa shape index (κ3) is 1.57. The first-order valence-electron chi connectivity index (χ1n) is 4.32. The van der Waals surface area contributed by atoms with Crippen molar-refractivity contribution in [1.29, 1.82) is 0 Å². The molecule has 0 radical (unpaired) electrons. The highest BCUT2D eigenvalue weighted by Crippen LogP contribution is 2.20. The Bertz CT molecular complexity index is 367. The van der Waals surface area contributed by atoms with Gasteiger partial charge in [-0.1, -0.05) is 0 Å². The Balaban J connectivity index is 3.50. The van der Waals surface area contributed by atoms with Crippen molar-refractivity contribution in [3.05, 3.63) is 33.9 Å². The van der Waals surface area contributed by atoms with Crippen LogP contribution in [0.3, 0.4) is 0 Å². The van der Waals surface area contributed by atoms with Crippen molar-refractivity contribution < 1.29 is 4.79 Å². The van der Waals surface area contributed by atoms with Crippen LogP contribution >= 0.6 is 0 Å². The Morgan fingerprint density at radius 2 is 1.62 bits per heavy atom. The van der Waals surface area contributed by atoms with Crippen molar-refractivity contribution in [3.8, 4) is 0 Å². The second-order valence-electron chi connectivity index (χ2n) is 3.48. The van der Waals surface area contributed by atoms with E-state index in [-0.39, 0.29) is 5.91 Å². The molecule has 1 aromatic carbocycles.